The fraction of sp³-hybridized carbons (Fsp3) is 0.125. The van der Waals surface area contributed by atoms with E-state index in [1.54, 1.807) is 39.0 Å². The Labute approximate surface area is 145 Å². The smallest absolute Gasteiger partial charge is 0.155 e. The van der Waals surface area contributed by atoms with Gasteiger partial charge in [0.1, 0.15) is 21.5 Å². The predicted octanol–water partition coefficient (Wildman–Crippen LogP) is 3.89. The van der Waals surface area contributed by atoms with Crippen LogP contribution in [0, 0.1) is 0 Å². The fourth-order valence-corrected chi connectivity index (χ4v) is 4.19. The monoisotopic (exact) mass is 356 g/mol. The van der Waals surface area contributed by atoms with E-state index in [0.29, 0.717) is 11.5 Å². The lowest BCUT2D eigenvalue weighted by atomic mass is 10.3. The molecule has 0 spiro atoms. The number of ether oxygens (including phenoxy) is 2. The first kappa shape index (κ1) is 15.0. The molecular weight excluding hydrogens is 344 g/mol. The molecule has 0 aliphatic heterocycles. The van der Waals surface area contributed by atoms with Crippen molar-refractivity contribution in [1.82, 2.24) is 19.9 Å². The van der Waals surface area contributed by atoms with Gasteiger partial charge in [0.15, 0.2) is 9.66 Å². The summed E-state index contributed by atoms with van der Waals surface area (Å²) in [6.07, 6.45) is 6.90. The van der Waals surface area contributed by atoms with Crippen molar-refractivity contribution in [1.29, 1.82) is 0 Å². The van der Waals surface area contributed by atoms with Crippen LogP contribution in [0.1, 0.15) is 0 Å². The number of rotatable bonds is 4. The maximum absolute atomic E-state index is 5.21. The summed E-state index contributed by atoms with van der Waals surface area (Å²) >= 11 is 3.07. The van der Waals surface area contributed by atoms with Crippen LogP contribution in [0.4, 0.5) is 0 Å². The fourth-order valence-electron chi connectivity index (χ4n) is 2.18. The van der Waals surface area contributed by atoms with Crippen LogP contribution in [0.15, 0.2) is 36.9 Å². The van der Waals surface area contributed by atoms with Crippen LogP contribution in [-0.4, -0.2) is 34.2 Å². The van der Waals surface area contributed by atoms with Crippen molar-refractivity contribution in [3.8, 4) is 32.6 Å². The Hall–Kier alpha value is -2.58. The van der Waals surface area contributed by atoms with E-state index in [-0.39, 0.29) is 0 Å². The van der Waals surface area contributed by atoms with Crippen LogP contribution >= 0.6 is 22.7 Å². The maximum atomic E-state index is 5.21. The number of nitrogens with zero attached hydrogens (tertiary/aromatic N) is 4. The van der Waals surface area contributed by atoms with E-state index in [1.807, 2.05) is 12.1 Å². The summed E-state index contributed by atoms with van der Waals surface area (Å²) in [5, 5.41) is 1.76. The van der Waals surface area contributed by atoms with E-state index in [9.17, 15) is 0 Å². The molecular formula is C16H12N4O2S2. The van der Waals surface area contributed by atoms with Gasteiger partial charge < -0.3 is 9.47 Å². The van der Waals surface area contributed by atoms with Crippen LogP contribution in [0.3, 0.4) is 0 Å². The molecule has 0 saturated carbocycles. The predicted molar refractivity (Wildman–Crippen MR) is 94.9 cm³/mol. The number of fused-ring (bicyclic) bond motifs is 1. The number of hydrogen-bond donors (Lipinski definition) is 0. The van der Waals surface area contributed by atoms with Gasteiger partial charge in [-0.2, -0.15) is 0 Å². The van der Waals surface area contributed by atoms with E-state index in [2.05, 4.69) is 19.9 Å². The molecule has 6 nitrogen and oxygen atoms in total. The van der Waals surface area contributed by atoms with E-state index < -0.39 is 0 Å². The summed E-state index contributed by atoms with van der Waals surface area (Å²) in [6, 6.07) is 3.84. The summed E-state index contributed by atoms with van der Waals surface area (Å²) in [7, 11) is 3.24. The topological polar surface area (TPSA) is 70.0 Å². The molecule has 4 heterocycles. The molecule has 4 aromatic heterocycles. The molecule has 24 heavy (non-hydrogen) atoms. The minimum absolute atomic E-state index is 0.710. The van der Waals surface area contributed by atoms with Crippen LogP contribution < -0.4 is 9.47 Å². The molecule has 4 aromatic rings. The third-order valence-electron chi connectivity index (χ3n) is 3.37. The van der Waals surface area contributed by atoms with Gasteiger partial charge in [-0.3, -0.25) is 9.97 Å². The zero-order valence-corrected chi connectivity index (χ0v) is 14.5. The SMILES string of the molecule is COc1cncc(-c2nc3sc(-c4cncc(OC)c4)nc3s2)c1. The minimum atomic E-state index is 0.710. The Morgan fingerprint density at radius 1 is 0.708 bits per heavy atom. The van der Waals surface area contributed by atoms with Crippen molar-refractivity contribution in [3.63, 3.8) is 0 Å². The first-order chi connectivity index (χ1) is 11.8. The van der Waals surface area contributed by atoms with Crippen molar-refractivity contribution < 1.29 is 9.47 Å². The van der Waals surface area contributed by atoms with Crippen LogP contribution in [-0.2, 0) is 0 Å². The summed E-state index contributed by atoms with van der Waals surface area (Å²) < 4.78 is 10.4. The van der Waals surface area contributed by atoms with Crippen molar-refractivity contribution >= 4 is 32.3 Å². The molecule has 120 valence electrons. The number of hydrogen-bond acceptors (Lipinski definition) is 8. The van der Waals surface area contributed by atoms with Crippen molar-refractivity contribution in [2.24, 2.45) is 0 Å². The molecule has 4 rings (SSSR count). The van der Waals surface area contributed by atoms with Crippen LogP contribution in [0.25, 0.3) is 30.8 Å². The number of thiazole rings is 2. The molecule has 0 aliphatic rings. The van der Waals surface area contributed by atoms with Crippen LogP contribution in [0.2, 0.25) is 0 Å². The summed E-state index contributed by atoms with van der Waals surface area (Å²) in [5.41, 5.74) is 1.85. The van der Waals surface area contributed by atoms with Gasteiger partial charge in [0.25, 0.3) is 0 Å². The molecule has 0 bridgehead atoms. The van der Waals surface area contributed by atoms with Crippen LogP contribution in [0.5, 0.6) is 11.5 Å². The van der Waals surface area contributed by atoms with Crippen molar-refractivity contribution in [2.75, 3.05) is 14.2 Å². The second kappa shape index (κ2) is 6.14. The van der Waals surface area contributed by atoms with Gasteiger partial charge in [0.05, 0.1) is 26.6 Å². The lowest BCUT2D eigenvalue weighted by Crippen LogP contribution is -1.86. The molecule has 8 heteroatoms. The van der Waals surface area contributed by atoms with Gasteiger partial charge in [0, 0.05) is 23.5 Å². The first-order valence-corrected chi connectivity index (χ1v) is 8.66. The Bertz CT molecular complexity index is 904. The first-order valence-electron chi connectivity index (χ1n) is 7.03. The van der Waals surface area contributed by atoms with Gasteiger partial charge in [-0.1, -0.05) is 22.7 Å². The second-order valence-corrected chi connectivity index (χ2v) is 6.83. The second-order valence-electron chi connectivity index (χ2n) is 4.88. The molecule has 0 saturated heterocycles. The minimum Gasteiger partial charge on any atom is -0.495 e. The van der Waals surface area contributed by atoms with E-state index in [4.69, 9.17) is 9.47 Å². The van der Waals surface area contributed by atoms with Crippen molar-refractivity contribution in [2.45, 2.75) is 0 Å². The average Bonchev–Trinajstić information content (AvgIpc) is 3.21. The zero-order chi connectivity index (χ0) is 16.5. The highest BCUT2D eigenvalue weighted by molar-refractivity contribution is 7.29. The molecule has 0 amide bonds. The number of aromatic nitrogens is 4. The highest BCUT2D eigenvalue weighted by Gasteiger charge is 2.14. The molecule has 0 radical (unpaired) electrons. The van der Waals surface area contributed by atoms with Gasteiger partial charge >= 0.3 is 0 Å². The number of pyridine rings is 2. The Balaban J connectivity index is 1.72. The Morgan fingerprint density at radius 2 is 1.17 bits per heavy atom. The molecule has 0 atom stereocenters. The lowest BCUT2D eigenvalue weighted by Gasteiger charge is -2.00. The maximum Gasteiger partial charge on any atom is 0.155 e. The molecule has 0 unspecified atom stereocenters. The third-order valence-corrected chi connectivity index (χ3v) is 5.49. The normalized spacial score (nSPS) is 10.9. The standard InChI is InChI=1S/C16H12N4O2S2/c1-21-11-3-9(5-17-7-11)13-19-15-16(23-13)20-14(24-15)10-4-12(22-2)8-18-6-10/h3-8H,1-2H3. The highest BCUT2D eigenvalue weighted by atomic mass is 32.1. The lowest BCUT2D eigenvalue weighted by molar-refractivity contribution is 0.413. The number of methoxy groups -OCH3 is 2. The van der Waals surface area contributed by atoms with Gasteiger partial charge in [-0.05, 0) is 12.1 Å². The van der Waals surface area contributed by atoms with E-state index in [0.717, 1.165) is 30.8 Å². The van der Waals surface area contributed by atoms with Crippen molar-refractivity contribution in [3.05, 3.63) is 36.9 Å². The van der Waals surface area contributed by atoms with Gasteiger partial charge in [0.2, 0.25) is 0 Å². The molecule has 0 aromatic carbocycles. The van der Waals surface area contributed by atoms with Gasteiger partial charge in [-0.25, -0.2) is 9.97 Å². The Morgan fingerprint density at radius 3 is 1.58 bits per heavy atom. The average molecular weight is 356 g/mol. The quantitative estimate of drug-likeness (QED) is 0.552. The molecule has 0 aliphatic carbocycles. The largest absolute Gasteiger partial charge is 0.495 e. The summed E-state index contributed by atoms with van der Waals surface area (Å²) in [4.78, 5) is 19.5. The van der Waals surface area contributed by atoms with E-state index >= 15 is 0 Å². The van der Waals surface area contributed by atoms with E-state index in [1.165, 1.54) is 22.7 Å². The highest BCUT2D eigenvalue weighted by Crippen LogP contribution is 2.37. The summed E-state index contributed by atoms with van der Waals surface area (Å²) in [5.74, 6) is 1.42. The third kappa shape index (κ3) is 2.70. The summed E-state index contributed by atoms with van der Waals surface area (Å²) in [6.45, 7) is 0. The molecule has 0 N–H and O–H groups in total. The van der Waals surface area contributed by atoms with Gasteiger partial charge in [-0.15, -0.1) is 0 Å². The zero-order valence-electron chi connectivity index (χ0n) is 12.9. The Kier molecular flexibility index (Phi) is 3.83. The molecule has 0 fully saturated rings.